The Balaban J connectivity index is 1.60. The Morgan fingerprint density at radius 3 is 2.74 bits per heavy atom. The number of rotatable bonds is 4. The van der Waals surface area contributed by atoms with Crippen molar-refractivity contribution in [2.75, 3.05) is 18.0 Å². The van der Waals surface area contributed by atoms with Crippen molar-refractivity contribution >= 4 is 11.6 Å². The van der Waals surface area contributed by atoms with E-state index in [-0.39, 0.29) is 11.9 Å². The topological polar surface area (TPSA) is 58.4 Å². The molecule has 4 nitrogen and oxygen atoms in total. The normalized spacial score (nSPS) is 16.8. The van der Waals surface area contributed by atoms with Gasteiger partial charge in [0.15, 0.2) is 0 Å². The van der Waals surface area contributed by atoms with Crippen LogP contribution in [0.1, 0.15) is 16.7 Å². The molecule has 1 amide bonds. The zero-order chi connectivity index (χ0) is 16.2. The van der Waals surface area contributed by atoms with Crippen LogP contribution in [-0.4, -0.2) is 25.0 Å². The molecule has 0 aliphatic carbocycles. The molecule has 0 radical (unpaired) electrons. The smallest absolute Gasteiger partial charge is 0.239 e. The van der Waals surface area contributed by atoms with Crippen LogP contribution in [-0.2, 0) is 17.8 Å². The van der Waals surface area contributed by atoms with Gasteiger partial charge in [-0.2, -0.15) is 0 Å². The fourth-order valence-electron chi connectivity index (χ4n) is 3.01. The summed E-state index contributed by atoms with van der Waals surface area (Å²) in [6.07, 6.45) is 0.873. The van der Waals surface area contributed by atoms with Crippen LogP contribution in [0.3, 0.4) is 0 Å². The standard InChI is InChI=1S/C19H23N3O/c1-14-6-8-15(9-7-14)11-21-19(23)13-22-12-17(20)10-16-4-2-3-5-18(16)22/h2-9,17H,10-13,20H2,1H3,(H,21,23). The number of nitrogens with two attached hydrogens (primary N) is 1. The maximum atomic E-state index is 12.3. The summed E-state index contributed by atoms with van der Waals surface area (Å²) in [5.74, 6) is 0.0227. The number of amides is 1. The molecule has 1 unspecified atom stereocenters. The number of aryl methyl sites for hydroxylation is 1. The molecule has 23 heavy (non-hydrogen) atoms. The molecule has 3 rings (SSSR count). The Morgan fingerprint density at radius 2 is 1.96 bits per heavy atom. The number of hydrogen-bond donors (Lipinski definition) is 2. The van der Waals surface area contributed by atoms with Gasteiger partial charge in [0.2, 0.25) is 5.91 Å². The zero-order valence-electron chi connectivity index (χ0n) is 13.5. The maximum absolute atomic E-state index is 12.3. The van der Waals surface area contributed by atoms with E-state index in [9.17, 15) is 4.79 Å². The molecule has 0 aromatic heterocycles. The van der Waals surface area contributed by atoms with E-state index in [0.717, 1.165) is 24.2 Å². The minimum Gasteiger partial charge on any atom is -0.360 e. The lowest BCUT2D eigenvalue weighted by atomic mass is 9.98. The summed E-state index contributed by atoms with van der Waals surface area (Å²) in [6, 6.07) is 16.5. The van der Waals surface area contributed by atoms with Gasteiger partial charge >= 0.3 is 0 Å². The monoisotopic (exact) mass is 309 g/mol. The van der Waals surface area contributed by atoms with E-state index in [0.29, 0.717) is 13.1 Å². The molecule has 0 saturated heterocycles. The van der Waals surface area contributed by atoms with Gasteiger partial charge in [-0.05, 0) is 30.5 Å². The summed E-state index contributed by atoms with van der Waals surface area (Å²) < 4.78 is 0. The predicted octanol–water partition coefficient (Wildman–Crippen LogP) is 2.00. The lowest BCUT2D eigenvalue weighted by Crippen LogP contribution is -2.47. The highest BCUT2D eigenvalue weighted by molar-refractivity contribution is 5.82. The Kier molecular flexibility index (Phi) is 4.63. The average Bonchev–Trinajstić information content (AvgIpc) is 2.54. The second kappa shape index (κ2) is 6.84. The van der Waals surface area contributed by atoms with Crippen molar-refractivity contribution in [1.29, 1.82) is 0 Å². The second-order valence-electron chi connectivity index (χ2n) is 6.24. The highest BCUT2D eigenvalue weighted by Crippen LogP contribution is 2.25. The van der Waals surface area contributed by atoms with Crippen LogP contribution in [0.15, 0.2) is 48.5 Å². The number of fused-ring (bicyclic) bond motifs is 1. The molecule has 120 valence electrons. The summed E-state index contributed by atoms with van der Waals surface area (Å²) in [5, 5.41) is 2.99. The number of anilines is 1. The quantitative estimate of drug-likeness (QED) is 0.908. The van der Waals surface area contributed by atoms with Gasteiger partial charge < -0.3 is 16.0 Å². The summed E-state index contributed by atoms with van der Waals surface area (Å²) >= 11 is 0. The molecule has 1 aliphatic rings. The van der Waals surface area contributed by atoms with Gasteiger partial charge in [-0.1, -0.05) is 48.0 Å². The molecule has 0 bridgehead atoms. The Labute approximate surface area is 137 Å². The first-order chi connectivity index (χ1) is 11.1. The average molecular weight is 309 g/mol. The third-order valence-corrected chi connectivity index (χ3v) is 4.21. The van der Waals surface area contributed by atoms with Crippen LogP contribution in [0.5, 0.6) is 0 Å². The summed E-state index contributed by atoms with van der Waals surface area (Å²) in [5.41, 5.74) is 10.8. The number of carbonyl (C=O) groups excluding carboxylic acids is 1. The van der Waals surface area contributed by atoms with Gasteiger partial charge in [-0.25, -0.2) is 0 Å². The first-order valence-electron chi connectivity index (χ1n) is 8.02. The molecule has 1 heterocycles. The Hall–Kier alpha value is -2.33. The van der Waals surface area contributed by atoms with Crippen LogP contribution in [0, 0.1) is 6.92 Å². The van der Waals surface area contributed by atoms with Gasteiger partial charge in [-0.3, -0.25) is 4.79 Å². The number of hydrogen-bond acceptors (Lipinski definition) is 3. The molecule has 1 aliphatic heterocycles. The fourth-order valence-corrected chi connectivity index (χ4v) is 3.01. The highest BCUT2D eigenvalue weighted by atomic mass is 16.2. The molecular formula is C19H23N3O. The molecular weight excluding hydrogens is 286 g/mol. The van der Waals surface area contributed by atoms with Crippen molar-refractivity contribution in [2.24, 2.45) is 5.73 Å². The van der Waals surface area contributed by atoms with Crippen molar-refractivity contribution in [2.45, 2.75) is 25.9 Å². The number of para-hydroxylation sites is 1. The van der Waals surface area contributed by atoms with Crippen LogP contribution in [0.25, 0.3) is 0 Å². The van der Waals surface area contributed by atoms with E-state index in [4.69, 9.17) is 5.73 Å². The Bertz CT molecular complexity index is 681. The molecule has 3 N–H and O–H groups in total. The molecule has 2 aromatic rings. The van der Waals surface area contributed by atoms with E-state index < -0.39 is 0 Å². The SMILES string of the molecule is Cc1ccc(CNC(=O)CN2CC(N)Cc3ccccc32)cc1. The van der Waals surface area contributed by atoms with E-state index in [1.807, 2.05) is 24.3 Å². The fraction of sp³-hybridized carbons (Fsp3) is 0.316. The van der Waals surface area contributed by atoms with Crippen LogP contribution >= 0.6 is 0 Å². The molecule has 4 heteroatoms. The van der Waals surface area contributed by atoms with Crippen molar-refractivity contribution in [3.63, 3.8) is 0 Å². The molecule has 1 atom stereocenters. The van der Waals surface area contributed by atoms with Gasteiger partial charge in [0.1, 0.15) is 0 Å². The van der Waals surface area contributed by atoms with E-state index in [2.05, 4.69) is 41.4 Å². The summed E-state index contributed by atoms with van der Waals surface area (Å²) in [7, 11) is 0. The zero-order valence-corrected chi connectivity index (χ0v) is 13.5. The van der Waals surface area contributed by atoms with Crippen LogP contribution < -0.4 is 16.0 Å². The van der Waals surface area contributed by atoms with Gasteiger partial charge in [0, 0.05) is 24.8 Å². The minimum absolute atomic E-state index is 0.0227. The van der Waals surface area contributed by atoms with Crippen LogP contribution in [0.4, 0.5) is 5.69 Å². The predicted molar refractivity (Wildman–Crippen MR) is 93.4 cm³/mol. The molecule has 0 fully saturated rings. The summed E-state index contributed by atoms with van der Waals surface area (Å²) in [4.78, 5) is 14.4. The van der Waals surface area contributed by atoms with Crippen molar-refractivity contribution in [1.82, 2.24) is 5.32 Å². The third kappa shape index (κ3) is 3.90. The Morgan fingerprint density at radius 1 is 1.22 bits per heavy atom. The lowest BCUT2D eigenvalue weighted by Gasteiger charge is -2.34. The first kappa shape index (κ1) is 15.6. The lowest BCUT2D eigenvalue weighted by molar-refractivity contribution is -0.119. The van der Waals surface area contributed by atoms with Gasteiger partial charge in [0.25, 0.3) is 0 Å². The third-order valence-electron chi connectivity index (χ3n) is 4.21. The van der Waals surface area contributed by atoms with Crippen molar-refractivity contribution < 1.29 is 4.79 Å². The van der Waals surface area contributed by atoms with Gasteiger partial charge in [-0.15, -0.1) is 0 Å². The maximum Gasteiger partial charge on any atom is 0.239 e. The van der Waals surface area contributed by atoms with E-state index >= 15 is 0 Å². The highest BCUT2D eigenvalue weighted by Gasteiger charge is 2.23. The van der Waals surface area contributed by atoms with Crippen LogP contribution in [0.2, 0.25) is 0 Å². The van der Waals surface area contributed by atoms with Crippen molar-refractivity contribution in [3.8, 4) is 0 Å². The largest absolute Gasteiger partial charge is 0.360 e. The number of nitrogens with zero attached hydrogens (tertiary/aromatic N) is 1. The number of carbonyl (C=O) groups is 1. The van der Waals surface area contributed by atoms with Gasteiger partial charge in [0.05, 0.1) is 6.54 Å². The first-order valence-corrected chi connectivity index (χ1v) is 8.02. The van der Waals surface area contributed by atoms with Crippen molar-refractivity contribution in [3.05, 3.63) is 65.2 Å². The number of benzene rings is 2. The molecule has 2 aromatic carbocycles. The second-order valence-corrected chi connectivity index (χ2v) is 6.24. The molecule has 0 saturated carbocycles. The van der Waals surface area contributed by atoms with E-state index in [1.165, 1.54) is 11.1 Å². The number of nitrogens with one attached hydrogen (secondary N) is 1. The minimum atomic E-state index is 0.0227. The summed E-state index contributed by atoms with van der Waals surface area (Å²) in [6.45, 7) is 3.67. The molecule has 0 spiro atoms. The van der Waals surface area contributed by atoms with E-state index in [1.54, 1.807) is 0 Å².